The van der Waals surface area contributed by atoms with Gasteiger partial charge in [0.2, 0.25) is 5.88 Å². The van der Waals surface area contributed by atoms with Crippen LogP contribution in [0, 0.1) is 6.92 Å². The average Bonchev–Trinajstić information content (AvgIpc) is 3.49. The number of fused-ring (bicyclic) bond motifs is 1. The summed E-state index contributed by atoms with van der Waals surface area (Å²) in [6.07, 6.45) is 10.0. The van der Waals surface area contributed by atoms with Gasteiger partial charge in [0.1, 0.15) is 0 Å². The molecular formula is C27H31N3O2. The lowest BCUT2D eigenvalue weighted by molar-refractivity contribution is 0.421. The Kier molecular flexibility index (Phi) is 4.36. The van der Waals surface area contributed by atoms with Crippen molar-refractivity contribution in [2.24, 2.45) is 0 Å². The Morgan fingerprint density at radius 3 is 2.22 bits per heavy atom. The quantitative estimate of drug-likeness (QED) is 0.583. The van der Waals surface area contributed by atoms with E-state index in [-0.39, 0.29) is 27.8 Å². The van der Waals surface area contributed by atoms with Crippen LogP contribution < -0.4 is 5.69 Å². The maximum Gasteiger partial charge on any atom is 0.328 e. The van der Waals surface area contributed by atoms with Crippen LogP contribution in [0.4, 0.5) is 0 Å². The third-order valence-electron chi connectivity index (χ3n) is 7.44. The van der Waals surface area contributed by atoms with Gasteiger partial charge in [-0.3, -0.25) is 9.55 Å². The number of pyridine rings is 1. The molecule has 5 nitrogen and oxygen atoms in total. The standard InChI is InChI=1S/C27H31N3O2/c1-17-12-20-21(26(4,5)9-8-25(20,2)3)13-19(17)27(10-11-27)22-7-6-18(14-28-22)16-30-23(31)15-29-24(30)32/h6-9,12-15,31H,10-11,16H2,1-5H3,(H,29,32). The summed E-state index contributed by atoms with van der Waals surface area (Å²) in [6.45, 7) is 11.7. The molecule has 2 aliphatic rings. The molecule has 1 saturated carbocycles. The van der Waals surface area contributed by atoms with Gasteiger partial charge in [-0.1, -0.05) is 58.0 Å². The van der Waals surface area contributed by atoms with Gasteiger partial charge in [-0.2, -0.15) is 0 Å². The lowest BCUT2D eigenvalue weighted by atomic mass is 9.66. The molecule has 0 saturated heterocycles. The van der Waals surface area contributed by atoms with Crippen molar-refractivity contribution in [3.8, 4) is 5.88 Å². The van der Waals surface area contributed by atoms with E-state index in [0.29, 0.717) is 6.54 Å². The van der Waals surface area contributed by atoms with Gasteiger partial charge in [0.25, 0.3) is 0 Å². The van der Waals surface area contributed by atoms with E-state index in [2.05, 4.69) is 70.0 Å². The fourth-order valence-corrected chi connectivity index (χ4v) is 5.20. The molecule has 1 fully saturated rings. The number of nitrogens with zero attached hydrogens (tertiary/aromatic N) is 2. The maximum atomic E-state index is 11.8. The van der Waals surface area contributed by atoms with Crippen LogP contribution in [0.1, 0.15) is 74.0 Å². The molecule has 2 aliphatic carbocycles. The Bertz CT molecular complexity index is 1290. The number of aromatic hydroxyl groups is 1. The number of aromatic amines is 1. The predicted molar refractivity (Wildman–Crippen MR) is 126 cm³/mol. The number of rotatable bonds is 4. The molecule has 5 heteroatoms. The van der Waals surface area contributed by atoms with Gasteiger partial charge in [-0.15, -0.1) is 0 Å². The van der Waals surface area contributed by atoms with Gasteiger partial charge in [-0.05, 0) is 53.6 Å². The summed E-state index contributed by atoms with van der Waals surface area (Å²) in [7, 11) is 0. The first-order valence-corrected chi connectivity index (χ1v) is 11.3. The number of aromatic nitrogens is 3. The normalized spacial score (nSPS) is 19.5. The van der Waals surface area contributed by atoms with Crippen LogP contribution in [-0.2, 0) is 22.8 Å². The fraction of sp³-hybridized carbons (Fsp3) is 0.407. The Labute approximate surface area is 188 Å². The topological polar surface area (TPSA) is 70.9 Å². The first kappa shape index (κ1) is 20.8. The lowest BCUT2D eigenvalue weighted by Gasteiger charge is -2.38. The molecule has 5 rings (SSSR count). The molecule has 2 heterocycles. The van der Waals surface area contributed by atoms with Crippen LogP contribution in [0.15, 0.2) is 53.6 Å². The first-order valence-electron chi connectivity index (χ1n) is 11.3. The highest BCUT2D eigenvalue weighted by Gasteiger charge is 2.49. The summed E-state index contributed by atoms with van der Waals surface area (Å²) in [4.78, 5) is 19.2. The number of nitrogens with one attached hydrogen (secondary N) is 1. The number of hydrogen-bond donors (Lipinski definition) is 2. The van der Waals surface area contributed by atoms with Gasteiger partial charge in [-0.25, -0.2) is 4.79 Å². The predicted octanol–water partition coefficient (Wildman–Crippen LogP) is 4.84. The van der Waals surface area contributed by atoms with E-state index in [1.807, 2.05) is 12.3 Å². The molecule has 0 unspecified atom stereocenters. The third kappa shape index (κ3) is 3.14. The van der Waals surface area contributed by atoms with Crippen molar-refractivity contribution in [3.05, 3.63) is 92.8 Å². The Hall–Kier alpha value is -3.08. The Morgan fingerprint density at radius 1 is 1.03 bits per heavy atom. The molecule has 1 aromatic carbocycles. The number of allylic oxidation sites excluding steroid dienone is 2. The minimum Gasteiger partial charge on any atom is -0.493 e. The molecule has 166 valence electrons. The Morgan fingerprint density at radius 2 is 1.69 bits per heavy atom. The molecule has 0 amide bonds. The van der Waals surface area contributed by atoms with Crippen molar-refractivity contribution < 1.29 is 5.11 Å². The fourth-order valence-electron chi connectivity index (χ4n) is 5.20. The van der Waals surface area contributed by atoms with Crippen LogP contribution >= 0.6 is 0 Å². The van der Waals surface area contributed by atoms with Crippen LogP contribution in [0.5, 0.6) is 5.88 Å². The zero-order valence-corrected chi connectivity index (χ0v) is 19.5. The summed E-state index contributed by atoms with van der Waals surface area (Å²) < 4.78 is 1.30. The minimum absolute atomic E-state index is 0.00644. The highest BCUT2D eigenvalue weighted by Crippen LogP contribution is 2.55. The van der Waals surface area contributed by atoms with Crippen molar-refractivity contribution in [3.63, 3.8) is 0 Å². The van der Waals surface area contributed by atoms with Crippen LogP contribution in [0.3, 0.4) is 0 Å². The highest BCUT2D eigenvalue weighted by molar-refractivity contribution is 5.56. The summed E-state index contributed by atoms with van der Waals surface area (Å²) in [5, 5.41) is 9.85. The van der Waals surface area contributed by atoms with E-state index >= 15 is 0 Å². The average molecular weight is 430 g/mol. The van der Waals surface area contributed by atoms with E-state index in [4.69, 9.17) is 4.98 Å². The van der Waals surface area contributed by atoms with Gasteiger partial charge >= 0.3 is 5.69 Å². The molecule has 0 radical (unpaired) electrons. The van der Waals surface area contributed by atoms with Crippen molar-refractivity contribution in [2.45, 2.75) is 70.3 Å². The summed E-state index contributed by atoms with van der Waals surface area (Å²) in [5.74, 6) is -0.0676. The third-order valence-corrected chi connectivity index (χ3v) is 7.44. The molecule has 0 atom stereocenters. The molecule has 0 spiro atoms. The van der Waals surface area contributed by atoms with Gasteiger partial charge in [0, 0.05) is 22.4 Å². The zero-order valence-electron chi connectivity index (χ0n) is 19.5. The number of aryl methyl sites for hydroxylation is 1. The van der Waals surface area contributed by atoms with Crippen LogP contribution in [-0.4, -0.2) is 19.6 Å². The van der Waals surface area contributed by atoms with Gasteiger partial charge < -0.3 is 10.1 Å². The van der Waals surface area contributed by atoms with Crippen molar-refractivity contribution in [1.82, 2.24) is 14.5 Å². The van der Waals surface area contributed by atoms with E-state index in [0.717, 1.165) is 24.1 Å². The second kappa shape index (κ2) is 6.71. The van der Waals surface area contributed by atoms with Crippen molar-refractivity contribution in [1.29, 1.82) is 0 Å². The van der Waals surface area contributed by atoms with E-state index < -0.39 is 0 Å². The van der Waals surface area contributed by atoms with E-state index in [1.54, 1.807) is 0 Å². The largest absolute Gasteiger partial charge is 0.493 e. The van der Waals surface area contributed by atoms with Crippen LogP contribution in [0.25, 0.3) is 0 Å². The Balaban J connectivity index is 1.52. The lowest BCUT2D eigenvalue weighted by Crippen LogP contribution is -2.30. The minimum atomic E-state index is -0.325. The smallest absolute Gasteiger partial charge is 0.328 e. The van der Waals surface area contributed by atoms with Gasteiger partial charge in [0.05, 0.1) is 18.4 Å². The zero-order chi connectivity index (χ0) is 22.9. The monoisotopic (exact) mass is 429 g/mol. The summed E-state index contributed by atoms with van der Waals surface area (Å²) in [5.41, 5.74) is 7.19. The second-order valence-corrected chi connectivity index (χ2v) is 10.7. The molecule has 0 aliphatic heterocycles. The van der Waals surface area contributed by atoms with Gasteiger partial charge in [0.15, 0.2) is 0 Å². The van der Waals surface area contributed by atoms with E-state index in [9.17, 15) is 9.90 Å². The SMILES string of the molecule is Cc1cc2c(cc1C1(c3ccc(Cn4c(O)c[nH]c4=O)cn3)CC1)C(C)(C)C=CC2(C)C. The van der Waals surface area contributed by atoms with E-state index in [1.165, 1.54) is 33.0 Å². The highest BCUT2D eigenvalue weighted by atomic mass is 16.3. The molecule has 2 N–H and O–H groups in total. The molecule has 2 aromatic heterocycles. The molecular weight excluding hydrogens is 398 g/mol. The molecule has 0 bridgehead atoms. The second-order valence-electron chi connectivity index (χ2n) is 10.7. The number of benzene rings is 1. The number of hydrogen-bond acceptors (Lipinski definition) is 3. The van der Waals surface area contributed by atoms with Crippen molar-refractivity contribution >= 4 is 0 Å². The molecule has 3 aromatic rings. The number of imidazole rings is 1. The number of H-pyrrole nitrogens is 1. The summed E-state index contributed by atoms with van der Waals surface area (Å²) in [6, 6.07) is 8.94. The van der Waals surface area contributed by atoms with Crippen LogP contribution in [0.2, 0.25) is 0 Å². The molecule has 32 heavy (non-hydrogen) atoms. The first-order chi connectivity index (χ1) is 15.0. The van der Waals surface area contributed by atoms with Crippen molar-refractivity contribution in [2.75, 3.05) is 0 Å². The summed E-state index contributed by atoms with van der Waals surface area (Å²) >= 11 is 0. The maximum absolute atomic E-state index is 11.8.